The molecule has 1 unspecified atom stereocenters. The zero-order chi connectivity index (χ0) is 14.7. The third kappa shape index (κ3) is 3.10. The van der Waals surface area contributed by atoms with Crippen LogP contribution in [-0.2, 0) is 6.42 Å². The molecule has 0 bridgehead atoms. The van der Waals surface area contributed by atoms with Crippen molar-refractivity contribution in [1.82, 2.24) is 5.32 Å². The Bertz CT molecular complexity index is 746. The van der Waals surface area contributed by atoms with E-state index in [0.717, 1.165) is 11.4 Å². The Morgan fingerprint density at radius 2 is 1.71 bits per heavy atom. The van der Waals surface area contributed by atoms with Crippen LogP contribution in [0.3, 0.4) is 0 Å². The molecular weight excluding hydrogens is 278 g/mol. The molecule has 0 heterocycles. The number of likely N-dealkylation sites (N-methyl/N-ethyl adjacent to an activating group) is 1. The van der Waals surface area contributed by atoms with Gasteiger partial charge in [-0.1, -0.05) is 66.2 Å². The van der Waals surface area contributed by atoms with Crippen LogP contribution in [0.15, 0.2) is 66.7 Å². The zero-order valence-electron chi connectivity index (χ0n) is 12.0. The fourth-order valence-electron chi connectivity index (χ4n) is 2.80. The van der Waals surface area contributed by atoms with E-state index in [9.17, 15) is 0 Å². The van der Waals surface area contributed by atoms with Gasteiger partial charge in [0.15, 0.2) is 0 Å². The molecule has 106 valence electrons. The zero-order valence-corrected chi connectivity index (χ0v) is 12.8. The third-order valence-corrected chi connectivity index (χ3v) is 4.14. The number of benzene rings is 3. The number of rotatable bonds is 4. The number of hydrogen-bond donors (Lipinski definition) is 1. The standard InChI is InChI=1S/C19H18ClN/c1-21-19(16-9-5-10-17(20)12-16)13-15-8-4-7-14-6-2-3-11-18(14)15/h2-12,19,21H,13H2,1H3. The van der Waals surface area contributed by atoms with Crippen LogP contribution in [-0.4, -0.2) is 7.05 Å². The average Bonchev–Trinajstić information content (AvgIpc) is 2.52. The van der Waals surface area contributed by atoms with E-state index in [0.29, 0.717) is 0 Å². The van der Waals surface area contributed by atoms with Crippen LogP contribution in [0.5, 0.6) is 0 Å². The first-order valence-electron chi connectivity index (χ1n) is 7.17. The number of nitrogens with one attached hydrogen (secondary N) is 1. The van der Waals surface area contributed by atoms with Gasteiger partial charge in [0.05, 0.1) is 0 Å². The second-order valence-corrected chi connectivity index (χ2v) is 5.68. The highest BCUT2D eigenvalue weighted by molar-refractivity contribution is 6.30. The summed E-state index contributed by atoms with van der Waals surface area (Å²) < 4.78 is 0. The van der Waals surface area contributed by atoms with E-state index in [4.69, 9.17) is 11.6 Å². The van der Waals surface area contributed by atoms with Gasteiger partial charge >= 0.3 is 0 Å². The minimum atomic E-state index is 0.259. The highest BCUT2D eigenvalue weighted by Gasteiger charge is 2.12. The van der Waals surface area contributed by atoms with Crippen molar-refractivity contribution in [3.8, 4) is 0 Å². The predicted molar refractivity (Wildman–Crippen MR) is 90.9 cm³/mol. The Kier molecular flexibility index (Phi) is 4.23. The lowest BCUT2D eigenvalue weighted by Gasteiger charge is -2.18. The van der Waals surface area contributed by atoms with Crippen LogP contribution in [0.4, 0.5) is 0 Å². The second kappa shape index (κ2) is 6.30. The van der Waals surface area contributed by atoms with Crippen LogP contribution in [0.1, 0.15) is 17.2 Å². The highest BCUT2D eigenvalue weighted by Crippen LogP contribution is 2.25. The quantitative estimate of drug-likeness (QED) is 0.714. The monoisotopic (exact) mass is 295 g/mol. The smallest absolute Gasteiger partial charge is 0.0409 e. The van der Waals surface area contributed by atoms with Gasteiger partial charge in [-0.3, -0.25) is 0 Å². The van der Waals surface area contributed by atoms with Crippen LogP contribution < -0.4 is 5.32 Å². The van der Waals surface area contributed by atoms with Gasteiger partial charge in [0.2, 0.25) is 0 Å². The van der Waals surface area contributed by atoms with Crippen molar-refractivity contribution in [3.05, 3.63) is 82.9 Å². The molecule has 0 fully saturated rings. The fraction of sp³-hybridized carbons (Fsp3) is 0.158. The van der Waals surface area contributed by atoms with Gasteiger partial charge in [0.1, 0.15) is 0 Å². The maximum atomic E-state index is 6.12. The molecule has 0 aliphatic heterocycles. The van der Waals surface area contributed by atoms with E-state index in [2.05, 4.69) is 53.8 Å². The molecule has 21 heavy (non-hydrogen) atoms. The highest BCUT2D eigenvalue weighted by atomic mass is 35.5. The third-order valence-electron chi connectivity index (χ3n) is 3.90. The number of fused-ring (bicyclic) bond motifs is 1. The average molecular weight is 296 g/mol. The summed E-state index contributed by atoms with van der Waals surface area (Å²) in [5, 5.41) is 6.79. The maximum absolute atomic E-state index is 6.12. The summed E-state index contributed by atoms with van der Waals surface area (Å²) in [4.78, 5) is 0. The molecule has 0 saturated carbocycles. The molecule has 1 atom stereocenters. The summed E-state index contributed by atoms with van der Waals surface area (Å²) >= 11 is 6.12. The Morgan fingerprint density at radius 1 is 0.952 bits per heavy atom. The predicted octanol–water partition coefficient (Wildman–Crippen LogP) is 5.00. The van der Waals surface area contributed by atoms with Crippen molar-refractivity contribution in [1.29, 1.82) is 0 Å². The summed E-state index contributed by atoms with van der Waals surface area (Å²) in [7, 11) is 2.00. The summed E-state index contributed by atoms with van der Waals surface area (Å²) in [5.41, 5.74) is 2.57. The first-order chi connectivity index (χ1) is 10.3. The van der Waals surface area contributed by atoms with E-state index < -0.39 is 0 Å². The van der Waals surface area contributed by atoms with Crippen LogP contribution in [0.25, 0.3) is 10.8 Å². The molecule has 1 N–H and O–H groups in total. The van der Waals surface area contributed by atoms with E-state index >= 15 is 0 Å². The molecule has 0 radical (unpaired) electrons. The molecule has 0 saturated heterocycles. The van der Waals surface area contributed by atoms with Crippen molar-refractivity contribution in [3.63, 3.8) is 0 Å². The summed E-state index contributed by atoms with van der Waals surface area (Å²) in [6.45, 7) is 0. The lowest BCUT2D eigenvalue weighted by Crippen LogP contribution is -2.18. The van der Waals surface area contributed by atoms with Crippen LogP contribution in [0, 0.1) is 0 Å². The van der Waals surface area contributed by atoms with Gasteiger partial charge in [0, 0.05) is 11.1 Å². The maximum Gasteiger partial charge on any atom is 0.0409 e. The number of halogens is 1. The molecule has 0 amide bonds. The van der Waals surface area contributed by atoms with E-state index in [1.54, 1.807) is 0 Å². The Hall–Kier alpha value is -1.83. The SMILES string of the molecule is CNC(Cc1cccc2ccccc12)c1cccc(Cl)c1. The van der Waals surface area contributed by atoms with Crippen LogP contribution in [0.2, 0.25) is 5.02 Å². The van der Waals surface area contributed by atoms with Crippen molar-refractivity contribution >= 4 is 22.4 Å². The topological polar surface area (TPSA) is 12.0 Å². The van der Waals surface area contributed by atoms with Crippen molar-refractivity contribution in [2.45, 2.75) is 12.5 Å². The molecular formula is C19H18ClN. The lowest BCUT2D eigenvalue weighted by atomic mass is 9.95. The molecule has 0 aromatic heterocycles. The molecule has 2 heteroatoms. The minimum Gasteiger partial charge on any atom is -0.313 e. The molecule has 3 rings (SSSR count). The first kappa shape index (κ1) is 14.1. The van der Waals surface area contributed by atoms with Gasteiger partial charge in [-0.2, -0.15) is 0 Å². The Labute approximate surface area is 130 Å². The fourth-order valence-corrected chi connectivity index (χ4v) is 3.00. The molecule has 1 nitrogen and oxygen atoms in total. The molecule has 3 aromatic carbocycles. The van der Waals surface area contributed by atoms with Gasteiger partial charge in [-0.15, -0.1) is 0 Å². The molecule has 0 spiro atoms. The van der Waals surface area contributed by atoms with Crippen molar-refractivity contribution in [2.24, 2.45) is 0 Å². The minimum absolute atomic E-state index is 0.259. The molecule has 3 aromatic rings. The largest absolute Gasteiger partial charge is 0.313 e. The van der Waals surface area contributed by atoms with Gasteiger partial charge < -0.3 is 5.32 Å². The second-order valence-electron chi connectivity index (χ2n) is 5.24. The van der Waals surface area contributed by atoms with Crippen molar-refractivity contribution < 1.29 is 0 Å². The van der Waals surface area contributed by atoms with Crippen LogP contribution >= 0.6 is 11.6 Å². The normalized spacial score (nSPS) is 12.5. The van der Waals surface area contributed by atoms with Gasteiger partial charge in [0.25, 0.3) is 0 Å². The van der Waals surface area contributed by atoms with Gasteiger partial charge in [-0.25, -0.2) is 0 Å². The summed E-state index contributed by atoms with van der Waals surface area (Å²) in [5.74, 6) is 0. The summed E-state index contributed by atoms with van der Waals surface area (Å²) in [6.07, 6.45) is 0.943. The van der Waals surface area contributed by atoms with E-state index in [1.165, 1.54) is 21.9 Å². The van der Waals surface area contributed by atoms with Gasteiger partial charge in [-0.05, 0) is 47.5 Å². The molecule has 0 aliphatic rings. The Balaban J connectivity index is 1.96. The number of hydrogen-bond acceptors (Lipinski definition) is 1. The van der Waals surface area contributed by atoms with E-state index in [1.807, 2.05) is 25.2 Å². The first-order valence-corrected chi connectivity index (χ1v) is 7.55. The molecule has 0 aliphatic carbocycles. The Morgan fingerprint density at radius 3 is 2.52 bits per heavy atom. The van der Waals surface area contributed by atoms with Crippen molar-refractivity contribution in [2.75, 3.05) is 7.05 Å². The lowest BCUT2D eigenvalue weighted by molar-refractivity contribution is 0.594. The summed E-state index contributed by atoms with van der Waals surface area (Å²) in [6, 6.07) is 23.4. The van der Waals surface area contributed by atoms with E-state index in [-0.39, 0.29) is 6.04 Å².